The fourth-order valence-electron chi connectivity index (χ4n) is 3.36. The van der Waals surface area contributed by atoms with Gasteiger partial charge >= 0.3 is 24.3 Å². The summed E-state index contributed by atoms with van der Waals surface area (Å²) in [7, 11) is -6.00. The maximum atomic E-state index is 9.75. The largest absolute Gasteiger partial charge is 1.00 e. The van der Waals surface area contributed by atoms with Gasteiger partial charge in [0.05, 0.1) is 22.1 Å². The van der Waals surface area contributed by atoms with E-state index in [9.17, 15) is 17.3 Å². The van der Waals surface area contributed by atoms with Gasteiger partial charge in [0, 0.05) is 46.3 Å². The zero-order valence-electron chi connectivity index (χ0n) is 17.4. The Kier molecular flexibility index (Phi) is 8.10. The van der Waals surface area contributed by atoms with E-state index in [1.165, 1.54) is 0 Å². The number of halogens is 4. The molecule has 0 atom stereocenters. The van der Waals surface area contributed by atoms with Crippen LogP contribution in [0.3, 0.4) is 0 Å². The molecule has 2 aromatic carbocycles. The van der Waals surface area contributed by atoms with Crippen LogP contribution in [-0.2, 0) is 17.1 Å². The van der Waals surface area contributed by atoms with E-state index in [1.54, 1.807) is 24.8 Å². The van der Waals surface area contributed by atoms with Gasteiger partial charge < -0.3 is 17.3 Å². The smallest absolute Gasteiger partial charge is 0.418 e. The first-order valence-electron chi connectivity index (χ1n) is 9.94. The zero-order chi connectivity index (χ0) is 23.3. The third-order valence-corrected chi connectivity index (χ3v) is 4.69. The van der Waals surface area contributed by atoms with E-state index in [4.69, 9.17) is 0 Å². The van der Waals surface area contributed by atoms with Crippen molar-refractivity contribution >= 4 is 50.9 Å². The number of aromatic nitrogens is 4. The van der Waals surface area contributed by atoms with Gasteiger partial charge in [-0.3, -0.25) is 19.9 Å². The van der Waals surface area contributed by atoms with Crippen molar-refractivity contribution in [3.05, 3.63) is 97.6 Å². The minimum atomic E-state index is -6.00. The van der Waals surface area contributed by atoms with E-state index in [1.807, 2.05) is 24.3 Å². The Labute approximate surface area is 202 Å². The van der Waals surface area contributed by atoms with Crippen LogP contribution in [0.1, 0.15) is 0 Å². The Morgan fingerprint density at radius 1 is 0.412 bits per heavy atom. The maximum absolute atomic E-state index is 9.75. The minimum absolute atomic E-state index is 0. The zero-order valence-corrected chi connectivity index (χ0v) is 18.4. The van der Waals surface area contributed by atoms with Crippen LogP contribution in [0.15, 0.2) is 97.6 Å². The van der Waals surface area contributed by atoms with Crippen molar-refractivity contribution in [1.82, 2.24) is 19.9 Å². The number of fused-ring (bicyclic) bond motifs is 6. The predicted molar refractivity (Wildman–Crippen MR) is 124 cm³/mol. The molecule has 0 amide bonds. The van der Waals surface area contributed by atoms with Crippen LogP contribution in [-0.4, -0.2) is 27.2 Å². The first-order valence-corrected chi connectivity index (χ1v) is 9.94. The number of rotatable bonds is 0. The Bertz CT molecular complexity index is 1320. The molecule has 0 unspecified atom stereocenters. The summed E-state index contributed by atoms with van der Waals surface area (Å²) in [5, 5.41) is 4.55. The Morgan fingerprint density at radius 3 is 0.824 bits per heavy atom. The van der Waals surface area contributed by atoms with E-state index in [-0.39, 0.29) is 17.1 Å². The second-order valence-corrected chi connectivity index (χ2v) is 6.93. The Hall–Kier alpha value is -3.62. The predicted octanol–water partition coefficient (Wildman–Crippen LogP) is 6.86. The molecule has 0 radical (unpaired) electrons. The molecule has 10 heteroatoms. The van der Waals surface area contributed by atoms with Crippen LogP contribution in [0.2, 0.25) is 0 Å². The summed E-state index contributed by atoms with van der Waals surface area (Å²) >= 11 is 0. The monoisotopic (exact) mass is 510 g/mol. The molecule has 4 aromatic heterocycles. The third kappa shape index (κ3) is 6.24. The molecular formula is C24H16BCuF4N4. The molecule has 4 heterocycles. The molecule has 0 bridgehead atoms. The standard InChI is InChI=1S/2C12H8N2.BF4.Cu/c2*1-3-9-5-6-10-4-2-8-14-12(10)11(9)13-7-1;2-1(3,4)5;/h2*1-8H;;/q;;-1;+1. The molecule has 0 fully saturated rings. The van der Waals surface area contributed by atoms with Crippen LogP contribution in [0.5, 0.6) is 0 Å². The summed E-state index contributed by atoms with van der Waals surface area (Å²) in [5.74, 6) is 0. The maximum Gasteiger partial charge on any atom is 1.00 e. The van der Waals surface area contributed by atoms with Crippen molar-refractivity contribution in [1.29, 1.82) is 0 Å². The Balaban J connectivity index is 0.000000156. The summed E-state index contributed by atoms with van der Waals surface area (Å²) in [6.07, 6.45) is 7.21. The number of pyridine rings is 4. The quantitative estimate of drug-likeness (QED) is 0.127. The average Bonchev–Trinajstić information content (AvgIpc) is 2.83. The number of nitrogens with zero attached hydrogens (tertiary/aromatic N) is 4. The van der Waals surface area contributed by atoms with Gasteiger partial charge in [0.25, 0.3) is 0 Å². The van der Waals surface area contributed by atoms with Crippen LogP contribution in [0.4, 0.5) is 17.3 Å². The van der Waals surface area contributed by atoms with E-state index >= 15 is 0 Å². The summed E-state index contributed by atoms with van der Waals surface area (Å²) in [5.41, 5.74) is 3.91. The second kappa shape index (κ2) is 11.0. The van der Waals surface area contributed by atoms with Crippen molar-refractivity contribution < 1.29 is 34.3 Å². The number of benzene rings is 2. The third-order valence-electron chi connectivity index (χ3n) is 4.69. The fourth-order valence-corrected chi connectivity index (χ4v) is 3.36. The molecular weight excluding hydrogens is 495 g/mol. The molecule has 6 rings (SSSR count). The van der Waals surface area contributed by atoms with Gasteiger partial charge in [0.1, 0.15) is 0 Å². The van der Waals surface area contributed by atoms with E-state index in [0.717, 1.165) is 43.6 Å². The van der Waals surface area contributed by atoms with Gasteiger partial charge in [-0.05, 0) is 24.3 Å². The molecule has 34 heavy (non-hydrogen) atoms. The van der Waals surface area contributed by atoms with Crippen LogP contribution in [0, 0.1) is 0 Å². The number of hydrogen-bond donors (Lipinski definition) is 0. The topological polar surface area (TPSA) is 51.6 Å². The van der Waals surface area contributed by atoms with Crippen molar-refractivity contribution in [2.24, 2.45) is 0 Å². The second-order valence-electron chi connectivity index (χ2n) is 6.93. The average molecular weight is 511 g/mol. The van der Waals surface area contributed by atoms with Crippen molar-refractivity contribution in [3.63, 3.8) is 0 Å². The Morgan fingerprint density at radius 2 is 0.618 bits per heavy atom. The minimum Gasteiger partial charge on any atom is -0.418 e. The van der Waals surface area contributed by atoms with Crippen LogP contribution in [0.25, 0.3) is 43.6 Å². The van der Waals surface area contributed by atoms with E-state index in [0.29, 0.717) is 0 Å². The van der Waals surface area contributed by atoms with Gasteiger partial charge in [0.2, 0.25) is 0 Å². The normalized spacial score (nSPS) is 10.7. The first-order chi connectivity index (χ1) is 15.9. The summed E-state index contributed by atoms with van der Waals surface area (Å²) in [6, 6.07) is 24.3. The first kappa shape index (κ1) is 25.0. The number of hydrogen-bond acceptors (Lipinski definition) is 4. The van der Waals surface area contributed by atoms with Crippen molar-refractivity contribution in [2.45, 2.75) is 0 Å². The summed E-state index contributed by atoms with van der Waals surface area (Å²) < 4.78 is 39.0. The van der Waals surface area contributed by atoms with Crippen LogP contribution >= 0.6 is 0 Å². The molecule has 0 saturated carbocycles. The summed E-state index contributed by atoms with van der Waals surface area (Å²) in [6.45, 7) is 0. The molecule has 0 saturated heterocycles. The van der Waals surface area contributed by atoms with Gasteiger partial charge in [-0.15, -0.1) is 0 Å². The molecule has 174 valence electrons. The fraction of sp³-hybridized carbons (Fsp3) is 0. The molecule has 0 aliphatic rings. The summed E-state index contributed by atoms with van der Waals surface area (Å²) in [4.78, 5) is 17.4. The molecule has 0 aliphatic carbocycles. The molecule has 6 aromatic rings. The van der Waals surface area contributed by atoms with Gasteiger partial charge in [0.15, 0.2) is 0 Å². The molecule has 0 aliphatic heterocycles. The van der Waals surface area contributed by atoms with E-state index in [2.05, 4.69) is 68.5 Å². The van der Waals surface area contributed by atoms with Crippen molar-refractivity contribution in [3.8, 4) is 0 Å². The van der Waals surface area contributed by atoms with Gasteiger partial charge in [-0.25, -0.2) is 0 Å². The van der Waals surface area contributed by atoms with Gasteiger partial charge in [-0.1, -0.05) is 48.5 Å². The van der Waals surface area contributed by atoms with E-state index < -0.39 is 7.25 Å². The van der Waals surface area contributed by atoms with Crippen LogP contribution < -0.4 is 0 Å². The van der Waals surface area contributed by atoms with Crippen molar-refractivity contribution in [2.75, 3.05) is 0 Å². The molecule has 0 spiro atoms. The molecule has 0 N–H and O–H groups in total. The van der Waals surface area contributed by atoms with Gasteiger partial charge in [-0.2, -0.15) is 0 Å². The SMILES string of the molecule is F[B-](F)(F)F.[Cu+].c1cnc2c(c1)ccc1cccnc12.c1cnc2c(c1)ccc1cccnc12. The molecule has 4 nitrogen and oxygen atoms in total.